The molecule has 3 aromatic heterocycles. The number of rotatable bonds is 15. The number of aliphatic carboxylic acids is 1. The standard InChI is InChI=1S/C30H40N8O3/c1-21-20-27(37-29(34-21)24-10-14-31-15-11-24)36-26(30(40)41)12-18-38(19-16-32-22(2)39)17-4-3-7-25-9-8-23-6-5-13-33-28(23)35-25/h8-11,14-15,20,26H,3-7,12-13,16-19H2,1-2H3,(H,32,39)(H,33,35)(H,40,41)(H,34,36,37)/t26-/m0/s1. The maximum Gasteiger partial charge on any atom is 0.326 e. The zero-order valence-corrected chi connectivity index (χ0v) is 23.9. The van der Waals surface area contributed by atoms with E-state index in [9.17, 15) is 14.7 Å². The minimum Gasteiger partial charge on any atom is -0.480 e. The highest BCUT2D eigenvalue weighted by molar-refractivity contribution is 5.77. The maximum atomic E-state index is 12.2. The molecular weight excluding hydrogens is 520 g/mol. The molecule has 0 saturated carbocycles. The molecule has 1 aliphatic rings. The van der Waals surface area contributed by atoms with Crippen LogP contribution in [0.3, 0.4) is 0 Å². The smallest absolute Gasteiger partial charge is 0.326 e. The summed E-state index contributed by atoms with van der Waals surface area (Å²) in [6.45, 7) is 6.85. The summed E-state index contributed by atoms with van der Waals surface area (Å²) >= 11 is 0. The summed E-state index contributed by atoms with van der Waals surface area (Å²) < 4.78 is 0. The van der Waals surface area contributed by atoms with Crippen LogP contribution in [0.2, 0.25) is 0 Å². The second-order valence-electron chi connectivity index (χ2n) is 10.4. The Bertz CT molecular complexity index is 1300. The lowest BCUT2D eigenvalue weighted by molar-refractivity contribution is -0.138. The largest absolute Gasteiger partial charge is 0.480 e. The molecule has 1 aliphatic heterocycles. The van der Waals surface area contributed by atoms with Crippen LogP contribution in [0.15, 0.2) is 42.7 Å². The van der Waals surface area contributed by atoms with Crippen LogP contribution in [0.1, 0.15) is 49.6 Å². The Labute approximate surface area is 241 Å². The number of unbranched alkanes of at least 4 members (excludes halogenated alkanes) is 1. The van der Waals surface area contributed by atoms with Crippen molar-refractivity contribution in [2.45, 2.75) is 58.4 Å². The lowest BCUT2D eigenvalue weighted by Crippen LogP contribution is -2.39. The van der Waals surface area contributed by atoms with E-state index in [1.54, 1.807) is 18.5 Å². The number of hydrogen-bond donors (Lipinski definition) is 4. The van der Waals surface area contributed by atoms with Gasteiger partial charge in [-0.15, -0.1) is 0 Å². The molecule has 0 saturated heterocycles. The summed E-state index contributed by atoms with van der Waals surface area (Å²) in [6, 6.07) is 8.86. The van der Waals surface area contributed by atoms with Gasteiger partial charge in [-0.05, 0) is 75.8 Å². The highest BCUT2D eigenvalue weighted by Gasteiger charge is 2.20. The first kappa shape index (κ1) is 29.9. The van der Waals surface area contributed by atoms with Crippen LogP contribution in [0, 0.1) is 6.92 Å². The van der Waals surface area contributed by atoms with E-state index >= 15 is 0 Å². The Hall–Kier alpha value is -4.12. The van der Waals surface area contributed by atoms with Crippen molar-refractivity contribution in [3.63, 3.8) is 0 Å². The predicted molar refractivity (Wildman–Crippen MR) is 159 cm³/mol. The van der Waals surface area contributed by atoms with Crippen molar-refractivity contribution in [2.75, 3.05) is 43.4 Å². The number of carbonyl (C=O) groups excluding carboxylic acids is 1. The molecule has 218 valence electrons. The molecule has 0 aromatic carbocycles. The molecule has 0 unspecified atom stereocenters. The molecule has 0 aliphatic carbocycles. The van der Waals surface area contributed by atoms with Crippen LogP contribution >= 0.6 is 0 Å². The molecule has 3 aromatic rings. The number of carboxylic acids is 1. The summed E-state index contributed by atoms with van der Waals surface area (Å²) in [4.78, 5) is 43.7. The Morgan fingerprint density at radius 1 is 1.07 bits per heavy atom. The van der Waals surface area contributed by atoms with Gasteiger partial charge in [0.2, 0.25) is 5.91 Å². The second kappa shape index (κ2) is 15.0. The van der Waals surface area contributed by atoms with Crippen molar-refractivity contribution in [1.82, 2.24) is 30.2 Å². The zero-order chi connectivity index (χ0) is 29.0. The first-order chi connectivity index (χ1) is 19.9. The van der Waals surface area contributed by atoms with Crippen LogP contribution in [-0.2, 0) is 22.4 Å². The van der Waals surface area contributed by atoms with Crippen molar-refractivity contribution < 1.29 is 14.7 Å². The van der Waals surface area contributed by atoms with Crippen LogP contribution < -0.4 is 16.0 Å². The van der Waals surface area contributed by atoms with Crippen LogP contribution in [0.5, 0.6) is 0 Å². The van der Waals surface area contributed by atoms with E-state index in [0.29, 0.717) is 37.7 Å². The normalized spacial score (nSPS) is 13.2. The average Bonchev–Trinajstić information content (AvgIpc) is 2.96. The number of fused-ring (bicyclic) bond motifs is 1. The fourth-order valence-corrected chi connectivity index (χ4v) is 4.90. The fraction of sp³-hybridized carbons (Fsp3) is 0.467. The molecule has 4 heterocycles. The number of nitrogens with one attached hydrogen (secondary N) is 3. The van der Waals surface area contributed by atoms with Gasteiger partial charge in [0.05, 0.1) is 0 Å². The van der Waals surface area contributed by atoms with E-state index < -0.39 is 12.0 Å². The Morgan fingerprint density at radius 2 is 1.90 bits per heavy atom. The third kappa shape index (κ3) is 9.49. The first-order valence-corrected chi connectivity index (χ1v) is 14.3. The number of anilines is 2. The fourth-order valence-electron chi connectivity index (χ4n) is 4.90. The molecule has 4 N–H and O–H groups in total. The van der Waals surface area contributed by atoms with Crippen LogP contribution in [0.25, 0.3) is 11.4 Å². The number of carboxylic acid groups (broad SMARTS) is 1. The van der Waals surface area contributed by atoms with Gasteiger partial charge in [0.25, 0.3) is 0 Å². The molecule has 0 fully saturated rings. The highest BCUT2D eigenvalue weighted by atomic mass is 16.4. The lowest BCUT2D eigenvalue weighted by Gasteiger charge is -2.25. The van der Waals surface area contributed by atoms with Gasteiger partial charge in [-0.1, -0.05) is 6.07 Å². The van der Waals surface area contributed by atoms with Gasteiger partial charge < -0.3 is 26.0 Å². The minimum atomic E-state index is -0.944. The molecule has 11 nitrogen and oxygen atoms in total. The molecule has 4 rings (SSSR count). The first-order valence-electron chi connectivity index (χ1n) is 14.3. The van der Waals surface area contributed by atoms with Crippen molar-refractivity contribution in [2.24, 2.45) is 0 Å². The van der Waals surface area contributed by atoms with E-state index in [1.165, 1.54) is 12.5 Å². The quantitative estimate of drug-likeness (QED) is 0.204. The minimum absolute atomic E-state index is 0.0775. The number of aromatic nitrogens is 4. The van der Waals surface area contributed by atoms with Crippen molar-refractivity contribution in [3.8, 4) is 11.4 Å². The molecule has 11 heteroatoms. The lowest BCUT2D eigenvalue weighted by atomic mass is 10.1. The topological polar surface area (TPSA) is 145 Å². The summed E-state index contributed by atoms with van der Waals surface area (Å²) in [7, 11) is 0. The van der Waals surface area contributed by atoms with Crippen LogP contribution in [-0.4, -0.2) is 80.6 Å². The van der Waals surface area contributed by atoms with Gasteiger partial charge >= 0.3 is 5.97 Å². The Kier molecular flexibility index (Phi) is 10.9. The van der Waals surface area contributed by atoms with E-state index in [0.717, 1.165) is 68.0 Å². The van der Waals surface area contributed by atoms with Gasteiger partial charge in [0.1, 0.15) is 17.7 Å². The number of pyridine rings is 2. The highest BCUT2D eigenvalue weighted by Crippen LogP contribution is 2.21. The summed E-state index contributed by atoms with van der Waals surface area (Å²) in [5, 5.41) is 19.3. The van der Waals surface area contributed by atoms with Gasteiger partial charge in [0, 0.05) is 68.5 Å². The van der Waals surface area contributed by atoms with Crippen molar-refractivity contribution in [3.05, 3.63) is 59.7 Å². The third-order valence-electron chi connectivity index (χ3n) is 7.06. The van der Waals surface area contributed by atoms with E-state index in [4.69, 9.17) is 4.98 Å². The van der Waals surface area contributed by atoms with Gasteiger partial charge in [-0.25, -0.2) is 19.7 Å². The third-order valence-corrected chi connectivity index (χ3v) is 7.06. The number of nitrogens with zero attached hydrogens (tertiary/aromatic N) is 5. The summed E-state index contributed by atoms with van der Waals surface area (Å²) in [5.41, 5.74) is 3.92. The Morgan fingerprint density at radius 3 is 2.68 bits per heavy atom. The Balaban J connectivity index is 1.33. The van der Waals surface area contributed by atoms with Gasteiger partial charge in [0.15, 0.2) is 5.82 Å². The summed E-state index contributed by atoms with van der Waals surface area (Å²) in [5.74, 6) is 0.977. The maximum absolute atomic E-state index is 12.2. The predicted octanol–water partition coefficient (Wildman–Crippen LogP) is 3.32. The molecule has 1 atom stereocenters. The van der Waals surface area contributed by atoms with E-state index in [-0.39, 0.29) is 5.91 Å². The molecule has 1 amide bonds. The molecular formula is C30H40N8O3. The van der Waals surface area contributed by atoms with E-state index in [2.05, 4.69) is 47.9 Å². The van der Waals surface area contributed by atoms with Crippen molar-refractivity contribution >= 4 is 23.5 Å². The molecule has 41 heavy (non-hydrogen) atoms. The van der Waals surface area contributed by atoms with Crippen LogP contribution in [0.4, 0.5) is 11.6 Å². The number of aryl methyl sites for hydroxylation is 3. The number of carbonyl (C=O) groups is 2. The monoisotopic (exact) mass is 560 g/mol. The average molecular weight is 561 g/mol. The van der Waals surface area contributed by atoms with Gasteiger partial charge in [-0.3, -0.25) is 9.78 Å². The number of amides is 1. The molecule has 0 bridgehead atoms. The summed E-state index contributed by atoms with van der Waals surface area (Å²) in [6.07, 6.45) is 8.75. The SMILES string of the molecule is CC(=O)NCCN(CCCCc1ccc2c(n1)NCCC2)CC[C@H](Nc1cc(C)nc(-c2ccncc2)n1)C(=O)O. The molecule has 0 spiro atoms. The van der Waals surface area contributed by atoms with Gasteiger partial charge in [-0.2, -0.15) is 0 Å². The second-order valence-corrected chi connectivity index (χ2v) is 10.4. The van der Waals surface area contributed by atoms with E-state index in [1.807, 2.05) is 19.1 Å². The molecule has 0 radical (unpaired) electrons. The number of hydrogen-bond acceptors (Lipinski definition) is 9. The van der Waals surface area contributed by atoms with Crippen molar-refractivity contribution in [1.29, 1.82) is 0 Å². The zero-order valence-electron chi connectivity index (χ0n) is 23.9.